The lowest BCUT2D eigenvalue weighted by Crippen LogP contribution is -2.59. The monoisotopic (exact) mass is 534 g/mol. The van der Waals surface area contributed by atoms with E-state index in [-0.39, 0.29) is 31.4 Å². The second kappa shape index (κ2) is 13.5. The Morgan fingerprint density at radius 2 is 1.71 bits per heavy atom. The minimum atomic E-state index is -1.31. The molecular weight excluding hydrogens is 500 g/mol. The van der Waals surface area contributed by atoms with E-state index >= 15 is 0 Å². The van der Waals surface area contributed by atoms with Crippen molar-refractivity contribution < 1.29 is 44.1 Å². The van der Waals surface area contributed by atoms with Crippen molar-refractivity contribution in [2.75, 3.05) is 6.54 Å². The fourth-order valence-electron chi connectivity index (χ4n) is 4.17. The SMILES string of the molecule is CC(=O)N[C@@H](Cc1ccc(O)cc1)C(=O)N[C@H](C(=O)N1CC(O)C[C@H]1C(=O)NC(C=O)CC(=O)O)C(C)C. The van der Waals surface area contributed by atoms with Gasteiger partial charge in [0.15, 0.2) is 0 Å². The van der Waals surface area contributed by atoms with E-state index < -0.39 is 72.2 Å². The van der Waals surface area contributed by atoms with Crippen LogP contribution in [0.15, 0.2) is 24.3 Å². The number of hydrogen-bond acceptors (Lipinski definition) is 8. The summed E-state index contributed by atoms with van der Waals surface area (Å²) in [5.41, 5.74) is 0.648. The molecule has 1 aliphatic heterocycles. The van der Waals surface area contributed by atoms with Gasteiger partial charge in [0.2, 0.25) is 23.6 Å². The molecule has 1 heterocycles. The largest absolute Gasteiger partial charge is 0.508 e. The average Bonchev–Trinajstić information content (AvgIpc) is 3.23. The zero-order valence-corrected chi connectivity index (χ0v) is 21.4. The molecule has 2 unspecified atom stereocenters. The highest BCUT2D eigenvalue weighted by Crippen LogP contribution is 2.21. The summed E-state index contributed by atoms with van der Waals surface area (Å²) in [6.07, 6.45) is -1.47. The van der Waals surface area contributed by atoms with Gasteiger partial charge in [0.05, 0.1) is 18.6 Å². The molecule has 1 aromatic carbocycles. The molecule has 1 fully saturated rings. The molecule has 0 aromatic heterocycles. The maximum absolute atomic E-state index is 13.5. The summed E-state index contributed by atoms with van der Waals surface area (Å²) in [5, 5.41) is 36.1. The number of amides is 4. The van der Waals surface area contributed by atoms with Crippen molar-refractivity contribution in [2.24, 2.45) is 5.92 Å². The van der Waals surface area contributed by atoms with Gasteiger partial charge in [-0.15, -0.1) is 0 Å². The number of aromatic hydroxyl groups is 1. The number of aliphatic hydroxyl groups excluding tert-OH is 1. The molecule has 208 valence electrons. The summed E-state index contributed by atoms with van der Waals surface area (Å²) in [4.78, 5) is 74.4. The number of carbonyl (C=O) groups is 6. The van der Waals surface area contributed by atoms with Crippen LogP contribution in [0.5, 0.6) is 5.75 Å². The number of aliphatic hydroxyl groups is 1. The fraction of sp³-hybridized carbons (Fsp3) is 0.520. The van der Waals surface area contributed by atoms with Crippen LogP contribution < -0.4 is 16.0 Å². The van der Waals surface area contributed by atoms with E-state index in [1.165, 1.54) is 19.1 Å². The lowest BCUT2D eigenvalue weighted by Gasteiger charge is -2.31. The average molecular weight is 535 g/mol. The third-order valence-corrected chi connectivity index (χ3v) is 6.05. The number of carbonyl (C=O) groups excluding carboxylic acids is 5. The van der Waals surface area contributed by atoms with Gasteiger partial charge in [0.1, 0.15) is 30.2 Å². The van der Waals surface area contributed by atoms with Crippen molar-refractivity contribution in [1.29, 1.82) is 0 Å². The normalized spacial score (nSPS) is 19.2. The van der Waals surface area contributed by atoms with Gasteiger partial charge in [-0.1, -0.05) is 26.0 Å². The third-order valence-electron chi connectivity index (χ3n) is 6.05. The van der Waals surface area contributed by atoms with Crippen LogP contribution in [0.1, 0.15) is 39.2 Å². The first-order chi connectivity index (χ1) is 17.8. The zero-order chi connectivity index (χ0) is 28.6. The van der Waals surface area contributed by atoms with Crippen molar-refractivity contribution >= 4 is 35.9 Å². The first-order valence-corrected chi connectivity index (χ1v) is 12.1. The molecular formula is C25H34N4O9. The predicted octanol–water partition coefficient (Wildman–Crippen LogP) is -1.30. The minimum Gasteiger partial charge on any atom is -0.508 e. The van der Waals surface area contributed by atoms with Crippen molar-refractivity contribution in [3.8, 4) is 5.75 Å². The van der Waals surface area contributed by atoms with Crippen molar-refractivity contribution in [1.82, 2.24) is 20.9 Å². The Hall–Kier alpha value is -4.00. The second-order valence-electron chi connectivity index (χ2n) is 9.60. The first kappa shape index (κ1) is 30.2. The van der Waals surface area contributed by atoms with Gasteiger partial charge in [-0.2, -0.15) is 0 Å². The van der Waals surface area contributed by atoms with Crippen molar-refractivity contribution in [2.45, 2.75) is 70.3 Å². The van der Waals surface area contributed by atoms with Gasteiger partial charge >= 0.3 is 5.97 Å². The molecule has 5 atom stereocenters. The van der Waals surface area contributed by atoms with Gasteiger partial charge in [0.25, 0.3) is 0 Å². The molecule has 1 aliphatic rings. The van der Waals surface area contributed by atoms with Crippen LogP contribution >= 0.6 is 0 Å². The predicted molar refractivity (Wildman–Crippen MR) is 133 cm³/mol. The van der Waals surface area contributed by atoms with Crippen LogP contribution in [0.4, 0.5) is 0 Å². The Bertz CT molecular complexity index is 1040. The van der Waals surface area contributed by atoms with E-state index in [2.05, 4.69) is 16.0 Å². The summed E-state index contributed by atoms with van der Waals surface area (Å²) >= 11 is 0. The molecule has 1 saturated heterocycles. The Kier molecular flexibility index (Phi) is 10.8. The third kappa shape index (κ3) is 8.54. The number of aliphatic carboxylic acids is 1. The second-order valence-corrected chi connectivity index (χ2v) is 9.60. The number of rotatable bonds is 12. The van der Waals surface area contributed by atoms with Crippen molar-refractivity contribution in [3.63, 3.8) is 0 Å². The van der Waals surface area contributed by atoms with E-state index in [4.69, 9.17) is 5.11 Å². The number of carboxylic acid groups (broad SMARTS) is 1. The number of phenolic OH excluding ortho intramolecular Hbond substituents is 1. The quantitative estimate of drug-likeness (QED) is 0.176. The van der Waals surface area contributed by atoms with E-state index in [1.807, 2.05) is 0 Å². The molecule has 0 saturated carbocycles. The number of hydrogen-bond donors (Lipinski definition) is 6. The molecule has 13 heteroatoms. The molecule has 1 aromatic rings. The van der Waals surface area contributed by atoms with Crippen LogP contribution in [-0.4, -0.2) is 92.9 Å². The van der Waals surface area contributed by atoms with Gasteiger partial charge in [-0.05, 0) is 23.6 Å². The molecule has 0 spiro atoms. The number of nitrogens with one attached hydrogen (secondary N) is 3. The van der Waals surface area contributed by atoms with Crippen molar-refractivity contribution in [3.05, 3.63) is 29.8 Å². The number of nitrogens with zero attached hydrogens (tertiary/aromatic N) is 1. The van der Waals surface area contributed by atoms with E-state index in [1.54, 1.807) is 26.0 Å². The number of phenols is 1. The van der Waals surface area contributed by atoms with Crippen LogP contribution in [0.2, 0.25) is 0 Å². The standard InChI is InChI=1S/C25H34N4O9/c1-13(2)22(28-23(36)19(26-14(3)31)8-15-4-6-17(32)7-5-15)25(38)29-11-18(33)10-20(29)24(37)27-16(12-30)9-21(34)35/h4-7,12-13,16,18-20,22,32-33H,8-11H2,1-3H3,(H,26,31)(H,27,37)(H,28,36)(H,34,35)/t16?,18?,19-,20-,22-/m0/s1. The van der Waals surface area contributed by atoms with Crippen LogP contribution in [0, 0.1) is 5.92 Å². The smallest absolute Gasteiger partial charge is 0.305 e. The highest BCUT2D eigenvalue weighted by Gasteiger charge is 2.43. The summed E-state index contributed by atoms with van der Waals surface area (Å²) in [6.45, 7) is 4.39. The summed E-state index contributed by atoms with van der Waals surface area (Å²) in [5.74, 6) is -4.29. The fourth-order valence-corrected chi connectivity index (χ4v) is 4.17. The number of β-amino-alcohol motifs (C(OH)–C–C–N with tert-alkyl or cyclic N) is 1. The van der Waals surface area contributed by atoms with Crippen LogP contribution in [0.25, 0.3) is 0 Å². The molecule has 2 rings (SSSR count). The number of likely N-dealkylation sites (tertiary alicyclic amines) is 1. The highest BCUT2D eigenvalue weighted by molar-refractivity contribution is 5.95. The number of carboxylic acids is 1. The highest BCUT2D eigenvalue weighted by atomic mass is 16.4. The van der Waals surface area contributed by atoms with Crippen LogP contribution in [-0.2, 0) is 35.2 Å². The van der Waals surface area contributed by atoms with Gasteiger partial charge < -0.3 is 41.0 Å². The minimum absolute atomic E-state index is 0.0357. The molecule has 4 amide bonds. The Balaban J connectivity index is 2.21. The van der Waals surface area contributed by atoms with Crippen LogP contribution in [0.3, 0.4) is 0 Å². The molecule has 0 radical (unpaired) electrons. The maximum Gasteiger partial charge on any atom is 0.305 e. The zero-order valence-electron chi connectivity index (χ0n) is 21.4. The summed E-state index contributed by atoms with van der Waals surface area (Å²) < 4.78 is 0. The Morgan fingerprint density at radius 3 is 2.24 bits per heavy atom. The van der Waals surface area contributed by atoms with E-state index in [0.29, 0.717) is 5.56 Å². The first-order valence-electron chi connectivity index (χ1n) is 12.1. The Morgan fingerprint density at radius 1 is 1.08 bits per heavy atom. The van der Waals surface area contributed by atoms with Gasteiger partial charge in [0, 0.05) is 26.3 Å². The lowest BCUT2D eigenvalue weighted by atomic mass is 10.00. The maximum atomic E-state index is 13.5. The summed E-state index contributed by atoms with van der Waals surface area (Å²) in [6, 6.07) is 1.40. The Labute approximate surface area is 219 Å². The lowest BCUT2D eigenvalue weighted by molar-refractivity contribution is -0.144. The molecule has 13 nitrogen and oxygen atoms in total. The van der Waals surface area contributed by atoms with E-state index in [0.717, 1.165) is 4.90 Å². The van der Waals surface area contributed by atoms with Gasteiger partial charge in [-0.25, -0.2) is 0 Å². The van der Waals surface area contributed by atoms with Gasteiger partial charge in [-0.3, -0.25) is 24.0 Å². The molecule has 6 N–H and O–H groups in total. The number of benzene rings is 1. The summed E-state index contributed by atoms with van der Waals surface area (Å²) in [7, 11) is 0. The van der Waals surface area contributed by atoms with E-state index in [9.17, 15) is 39.0 Å². The number of aldehydes is 1. The molecule has 0 bridgehead atoms. The molecule has 38 heavy (non-hydrogen) atoms. The molecule has 0 aliphatic carbocycles. The topological polar surface area (TPSA) is 202 Å².